The third kappa shape index (κ3) is 3.69. The zero-order valence-electron chi connectivity index (χ0n) is 10.5. The normalized spacial score (nSPS) is 24.6. The molecule has 0 bridgehead atoms. The molecule has 0 atom stereocenters. The van der Waals surface area contributed by atoms with E-state index in [1.165, 1.54) is 44.4 Å². The summed E-state index contributed by atoms with van der Waals surface area (Å²) in [5.74, 6) is 1.27. The van der Waals surface area contributed by atoms with Gasteiger partial charge < -0.3 is 5.32 Å². The van der Waals surface area contributed by atoms with Crippen molar-refractivity contribution in [3.8, 4) is 0 Å². The molecule has 1 fully saturated rings. The number of pyridine rings is 1. The molecule has 0 aromatic carbocycles. The summed E-state index contributed by atoms with van der Waals surface area (Å²) in [5.41, 5.74) is 0.843. The van der Waals surface area contributed by atoms with Crippen molar-refractivity contribution in [2.75, 3.05) is 11.9 Å². The Balaban J connectivity index is 1.76. The van der Waals surface area contributed by atoms with Crippen LogP contribution in [0.2, 0.25) is 0 Å². The average molecular weight is 236 g/mol. The zero-order chi connectivity index (χ0) is 12.1. The lowest BCUT2D eigenvalue weighted by Gasteiger charge is -2.28. The first-order chi connectivity index (χ1) is 8.28. The number of anilines is 1. The Morgan fingerprint density at radius 2 is 2.00 bits per heavy atom. The fraction of sp³-hybridized carbons (Fsp3) is 0.643. The monoisotopic (exact) mass is 236 g/mol. The minimum Gasteiger partial charge on any atom is -0.385 e. The Bertz CT molecular complexity index is 346. The summed E-state index contributed by atoms with van der Waals surface area (Å²) in [6.07, 6.45) is 8.14. The predicted octanol–water partition coefficient (Wildman–Crippen LogP) is 3.85. The molecule has 0 unspecified atom stereocenters. The Kier molecular flexibility index (Phi) is 4.35. The summed E-state index contributed by atoms with van der Waals surface area (Å²) in [4.78, 5) is 3.55. The van der Waals surface area contributed by atoms with Gasteiger partial charge in [0.1, 0.15) is 0 Å². The van der Waals surface area contributed by atoms with E-state index in [1.807, 2.05) is 6.07 Å². The first-order valence-corrected chi connectivity index (χ1v) is 6.63. The third-order valence-electron chi connectivity index (χ3n) is 3.87. The predicted molar refractivity (Wildman–Crippen MR) is 68.4 cm³/mol. The van der Waals surface area contributed by atoms with Crippen molar-refractivity contribution in [2.45, 2.75) is 39.0 Å². The molecule has 0 amide bonds. The van der Waals surface area contributed by atoms with Crippen molar-refractivity contribution in [3.63, 3.8) is 0 Å². The molecule has 0 spiro atoms. The highest BCUT2D eigenvalue weighted by Crippen LogP contribution is 2.30. The van der Waals surface area contributed by atoms with Crippen molar-refractivity contribution in [3.05, 3.63) is 24.3 Å². The molecular formula is C14H21FN2. The van der Waals surface area contributed by atoms with E-state index in [0.29, 0.717) is 0 Å². The van der Waals surface area contributed by atoms with Gasteiger partial charge in [-0.1, -0.05) is 26.2 Å². The Labute approximate surface area is 103 Å². The molecule has 1 saturated carbocycles. The first-order valence-electron chi connectivity index (χ1n) is 6.63. The summed E-state index contributed by atoms with van der Waals surface area (Å²) >= 11 is 0. The minimum atomic E-state index is -0.412. The Morgan fingerprint density at radius 1 is 1.29 bits per heavy atom. The molecule has 1 aromatic heterocycles. The standard InChI is InChI=1S/C14H21FN2/c1-2-11-3-5-12(6-4-11)10-17-13-7-8-16-14(15)9-13/h7-9,11-12H,2-6,10H2,1H3,(H,16,17). The van der Waals surface area contributed by atoms with Crippen LogP contribution in [0.25, 0.3) is 0 Å². The Morgan fingerprint density at radius 3 is 2.65 bits per heavy atom. The topological polar surface area (TPSA) is 24.9 Å². The van der Waals surface area contributed by atoms with Crippen LogP contribution in [-0.2, 0) is 0 Å². The van der Waals surface area contributed by atoms with Crippen LogP contribution in [0.5, 0.6) is 0 Å². The van der Waals surface area contributed by atoms with Crippen LogP contribution < -0.4 is 5.32 Å². The van der Waals surface area contributed by atoms with Crippen molar-refractivity contribution in [1.29, 1.82) is 0 Å². The van der Waals surface area contributed by atoms with Gasteiger partial charge in [0.15, 0.2) is 0 Å². The van der Waals surface area contributed by atoms with Gasteiger partial charge in [-0.3, -0.25) is 0 Å². The fourth-order valence-electron chi connectivity index (χ4n) is 2.62. The largest absolute Gasteiger partial charge is 0.385 e. The van der Waals surface area contributed by atoms with Gasteiger partial charge in [0, 0.05) is 24.5 Å². The first kappa shape index (κ1) is 12.3. The highest BCUT2D eigenvalue weighted by molar-refractivity contribution is 5.41. The molecule has 2 rings (SSSR count). The Hall–Kier alpha value is -1.12. The maximum Gasteiger partial charge on any atom is 0.214 e. The highest BCUT2D eigenvalue weighted by atomic mass is 19.1. The highest BCUT2D eigenvalue weighted by Gasteiger charge is 2.19. The summed E-state index contributed by atoms with van der Waals surface area (Å²) in [6.45, 7) is 3.24. The number of hydrogen-bond acceptors (Lipinski definition) is 2. The van der Waals surface area contributed by atoms with Gasteiger partial charge in [-0.2, -0.15) is 4.39 Å². The summed E-state index contributed by atoms with van der Waals surface area (Å²) in [6, 6.07) is 3.28. The molecule has 17 heavy (non-hydrogen) atoms. The van der Waals surface area contributed by atoms with Gasteiger partial charge in [0.25, 0.3) is 0 Å². The van der Waals surface area contributed by atoms with Crippen LogP contribution in [0.3, 0.4) is 0 Å². The van der Waals surface area contributed by atoms with Gasteiger partial charge in [-0.05, 0) is 30.7 Å². The number of nitrogens with one attached hydrogen (secondary N) is 1. The molecule has 1 heterocycles. The van der Waals surface area contributed by atoms with Crippen LogP contribution >= 0.6 is 0 Å². The molecule has 1 aliphatic rings. The minimum absolute atomic E-state index is 0.412. The maximum atomic E-state index is 12.9. The van der Waals surface area contributed by atoms with E-state index in [9.17, 15) is 4.39 Å². The van der Waals surface area contributed by atoms with E-state index in [-0.39, 0.29) is 0 Å². The van der Waals surface area contributed by atoms with Crippen molar-refractivity contribution < 1.29 is 4.39 Å². The van der Waals surface area contributed by atoms with Crippen LogP contribution in [0, 0.1) is 17.8 Å². The van der Waals surface area contributed by atoms with E-state index >= 15 is 0 Å². The number of hydrogen-bond donors (Lipinski definition) is 1. The summed E-state index contributed by atoms with van der Waals surface area (Å²) < 4.78 is 12.9. The maximum absolute atomic E-state index is 12.9. The molecule has 0 saturated heterocycles. The summed E-state index contributed by atoms with van der Waals surface area (Å²) in [5, 5.41) is 3.31. The molecule has 3 heteroatoms. The molecular weight excluding hydrogens is 215 g/mol. The molecule has 1 aliphatic carbocycles. The summed E-state index contributed by atoms with van der Waals surface area (Å²) in [7, 11) is 0. The lowest BCUT2D eigenvalue weighted by Crippen LogP contribution is -2.21. The fourth-order valence-corrected chi connectivity index (χ4v) is 2.62. The number of halogens is 1. The van der Waals surface area contributed by atoms with Crippen molar-refractivity contribution >= 4 is 5.69 Å². The van der Waals surface area contributed by atoms with Gasteiger partial charge in [-0.25, -0.2) is 4.98 Å². The third-order valence-corrected chi connectivity index (χ3v) is 3.87. The number of aromatic nitrogens is 1. The van der Waals surface area contributed by atoms with Crippen molar-refractivity contribution in [2.24, 2.45) is 11.8 Å². The SMILES string of the molecule is CCC1CCC(CNc2ccnc(F)c2)CC1. The van der Waals surface area contributed by atoms with E-state index < -0.39 is 5.95 Å². The molecule has 0 aliphatic heterocycles. The van der Waals surface area contributed by atoms with Gasteiger partial charge in [0.05, 0.1) is 0 Å². The second-order valence-electron chi connectivity index (χ2n) is 5.04. The van der Waals surface area contributed by atoms with E-state index in [2.05, 4.69) is 17.2 Å². The van der Waals surface area contributed by atoms with E-state index in [0.717, 1.165) is 24.1 Å². The van der Waals surface area contributed by atoms with Gasteiger partial charge in [-0.15, -0.1) is 0 Å². The van der Waals surface area contributed by atoms with Crippen LogP contribution in [-0.4, -0.2) is 11.5 Å². The number of nitrogens with zero attached hydrogens (tertiary/aromatic N) is 1. The zero-order valence-corrected chi connectivity index (χ0v) is 10.5. The van der Waals surface area contributed by atoms with Crippen LogP contribution in [0.1, 0.15) is 39.0 Å². The second kappa shape index (κ2) is 5.99. The smallest absolute Gasteiger partial charge is 0.214 e. The molecule has 0 radical (unpaired) electrons. The number of rotatable bonds is 4. The van der Waals surface area contributed by atoms with Crippen molar-refractivity contribution in [1.82, 2.24) is 4.98 Å². The van der Waals surface area contributed by atoms with Crippen LogP contribution in [0.4, 0.5) is 10.1 Å². The molecule has 94 valence electrons. The lowest BCUT2D eigenvalue weighted by atomic mass is 9.81. The quantitative estimate of drug-likeness (QED) is 0.803. The van der Waals surface area contributed by atoms with Gasteiger partial charge in [0.2, 0.25) is 5.95 Å². The molecule has 1 N–H and O–H groups in total. The average Bonchev–Trinajstić information content (AvgIpc) is 2.37. The lowest BCUT2D eigenvalue weighted by molar-refractivity contribution is 0.278. The van der Waals surface area contributed by atoms with E-state index in [1.54, 1.807) is 0 Å². The second-order valence-corrected chi connectivity index (χ2v) is 5.04. The molecule has 1 aromatic rings. The molecule has 2 nitrogen and oxygen atoms in total. The van der Waals surface area contributed by atoms with Crippen LogP contribution in [0.15, 0.2) is 18.3 Å². The van der Waals surface area contributed by atoms with Gasteiger partial charge >= 0.3 is 0 Å². The van der Waals surface area contributed by atoms with E-state index in [4.69, 9.17) is 0 Å².